The summed E-state index contributed by atoms with van der Waals surface area (Å²) < 4.78 is 122. The normalized spacial score (nSPS) is 52.7. The van der Waals surface area contributed by atoms with Crippen LogP contribution in [0.5, 0.6) is 0 Å². The van der Waals surface area contributed by atoms with Gasteiger partial charge in [-0.25, -0.2) is 0 Å². The van der Waals surface area contributed by atoms with Crippen molar-refractivity contribution in [1.82, 2.24) is 5.32 Å². The highest BCUT2D eigenvalue weighted by molar-refractivity contribution is 5.73. The van der Waals surface area contributed by atoms with Gasteiger partial charge in [-0.2, -0.15) is 0 Å². The first-order chi connectivity index (χ1) is 59.3. The molecule has 0 bridgehead atoms. The Kier molecular flexibility index (Phi) is 36.7. The van der Waals surface area contributed by atoms with E-state index in [1.807, 2.05) is 0 Å². The van der Waals surface area contributed by atoms with Crippen LogP contribution in [0.2, 0.25) is 0 Å². The lowest BCUT2D eigenvalue weighted by Crippen LogP contribution is -2.69. The summed E-state index contributed by atoms with van der Waals surface area (Å²) in [5, 5.41) is 379. The highest BCUT2D eigenvalue weighted by atomic mass is 16.8. The zero-order chi connectivity index (χ0) is 91.7. The van der Waals surface area contributed by atoms with Gasteiger partial charge in [0, 0.05) is 6.92 Å². The first kappa shape index (κ1) is 103. The average molecular weight is 1840 g/mol. The number of aliphatic hydroxyl groups is 34. The second-order valence-corrected chi connectivity index (χ2v) is 31.6. The van der Waals surface area contributed by atoms with Gasteiger partial charge in [0.2, 0.25) is 5.91 Å². The fraction of sp³-hybridized carbons (Fsp3) is 0.985. The molecule has 0 radical (unpaired) electrons. The van der Waals surface area contributed by atoms with E-state index in [2.05, 4.69) is 5.32 Å². The van der Waals surface area contributed by atoms with Gasteiger partial charge in [0.15, 0.2) is 69.2 Å². The number of carbonyl (C=O) groups is 1. The van der Waals surface area contributed by atoms with Crippen molar-refractivity contribution in [3.8, 4) is 0 Å². The van der Waals surface area contributed by atoms with E-state index in [1.54, 1.807) is 0 Å². The summed E-state index contributed by atoms with van der Waals surface area (Å²) in [6, 6.07) is -1.80. The van der Waals surface area contributed by atoms with Gasteiger partial charge in [-0.3, -0.25) is 4.79 Å². The van der Waals surface area contributed by atoms with Crippen molar-refractivity contribution in [2.75, 3.05) is 72.7 Å². The van der Waals surface area contributed by atoms with Crippen LogP contribution in [0, 0.1) is 0 Å². The molecule has 0 aromatic rings. The molecule has 125 heavy (non-hydrogen) atoms. The zero-order valence-corrected chi connectivity index (χ0v) is 65.7. The Hall–Kier alpha value is -2.73. The molecule has 55 atom stereocenters. The van der Waals surface area contributed by atoms with Gasteiger partial charge < -0.3 is 278 Å². The van der Waals surface area contributed by atoms with Crippen LogP contribution in [0.1, 0.15) is 6.92 Å². The van der Waals surface area contributed by atoms with E-state index >= 15 is 0 Å². The standard InChI is InChI=1S/C68H115NO56/c1-13(80)69-25-36(91)49(23(11-79)106-58(25)104)117-64-48(103)53(35(90)24(116-64)12-105-59-45(100)50(32(87)20(8-76)107-59)119-65-54(39(94)28(83)16(4-72)112-65)122-60-43(98)37(92)26(81)14(2-70)108-60)121-67-57(42(97)31(86)18(6-74)114-67)125-68-56(41(96)30(85)19(7-75)115-68)124-63-46(101)51(33(88)21(9-77)111-63)118-62-47(102)52(34(89)22(10-78)110-62)120-66-55(40(95)29(84)17(5-73)113-66)123-61-44(99)38(93)27(82)15(3-71)109-61/h14-68,70-79,81-104H,2-12H2,1H3,(H,69,80)/t14-,15-,16-,17-,18-,19-,20-,21-,22-,23-,24-,25-,26-,27-,28-,29-,30-,31-,32-,33-,34-,35-,36-,37+,38+,39-,40+,41+,42+,43+,44-,45+,46+,47-,48+,49-,50+,51+,52+,53+,54+,55-,56+,57+,58?,59+,60-,61-,62-,63-,64+,65-,66-,67-,68-/m1/s1. The summed E-state index contributed by atoms with van der Waals surface area (Å²) in [5.74, 6) is -0.879. The summed E-state index contributed by atoms with van der Waals surface area (Å²) in [4.78, 5) is 12.4. The summed E-state index contributed by atoms with van der Waals surface area (Å²) in [5.41, 5.74) is 0. The van der Waals surface area contributed by atoms with Gasteiger partial charge in [-0.15, -0.1) is 0 Å². The number of rotatable bonds is 32. The van der Waals surface area contributed by atoms with E-state index in [1.165, 1.54) is 0 Å². The van der Waals surface area contributed by atoms with Crippen LogP contribution in [0.4, 0.5) is 0 Å². The van der Waals surface area contributed by atoms with Crippen LogP contribution in [0.15, 0.2) is 0 Å². The quantitative estimate of drug-likeness (QED) is 0.0297. The average Bonchev–Trinajstić information content (AvgIpc) is 0.768. The van der Waals surface area contributed by atoms with Crippen LogP contribution in [0.3, 0.4) is 0 Å². The van der Waals surface area contributed by atoms with E-state index in [4.69, 9.17) is 99.5 Å². The third kappa shape index (κ3) is 21.7. The number of aliphatic hydroxyl groups excluding tert-OH is 34. The Morgan fingerprint density at radius 1 is 0.208 bits per heavy atom. The molecule has 0 aliphatic carbocycles. The molecule has 0 saturated carbocycles. The molecule has 11 heterocycles. The van der Waals surface area contributed by atoms with Gasteiger partial charge in [-0.05, 0) is 0 Å². The van der Waals surface area contributed by atoms with Crippen molar-refractivity contribution in [3.63, 3.8) is 0 Å². The molecule has 11 aliphatic rings. The lowest BCUT2D eigenvalue weighted by atomic mass is 9.94. The third-order valence-corrected chi connectivity index (χ3v) is 23.4. The minimum Gasteiger partial charge on any atom is -0.394 e. The van der Waals surface area contributed by atoms with E-state index in [0.29, 0.717) is 0 Å². The lowest BCUT2D eigenvalue weighted by molar-refractivity contribution is -0.413. The van der Waals surface area contributed by atoms with Crippen LogP contribution in [-0.2, 0) is 104 Å². The minimum atomic E-state index is -2.58. The first-order valence-corrected chi connectivity index (χ1v) is 39.7. The van der Waals surface area contributed by atoms with Gasteiger partial charge >= 0.3 is 0 Å². The molecule has 35 N–H and O–H groups in total. The van der Waals surface area contributed by atoms with Gasteiger partial charge in [0.25, 0.3) is 0 Å². The van der Waals surface area contributed by atoms with Crippen LogP contribution in [0.25, 0.3) is 0 Å². The molecule has 1 amide bonds. The molecule has 0 aromatic carbocycles. The fourth-order valence-corrected chi connectivity index (χ4v) is 16.1. The molecule has 57 nitrogen and oxygen atoms in total. The van der Waals surface area contributed by atoms with Gasteiger partial charge in [0.1, 0.15) is 269 Å². The zero-order valence-electron chi connectivity index (χ0n) is 65.7. The molecule has 11 saturated heterocycles. The van der Waals surface area contributed by atoms with Crippen LogP contribution < -0.4 is 5.32 Å². The van der Waals surface area contributed by atoms with Crippen molar-refractivity contribution >= 4 is 5.91 Å². The van der Waals surface area contributed by atoms with Crippen molar-refractivity contribution in [2.45, 2.75) is 345 Å². The molecular weight excluding hydrogens is 1730 g/mol. The monoisotopic (exact) mass is 1840 g/mol. The molecule has 11 fully saturated rings. The summed E-state index contributed by atoms with van der Waals surface area (Å²) >= 11 is 0. The SMILES string of the molecule is CC(=O)N[C@H]1C(O)O[C@H](CO)[C@@H](O[C@@H]2O[C@H](CO[C@H]3O[C@H](CO)[C@@H](O)[C@H](O[C@H]4O[C@H](CO)[C@@H](O)[C@@H](O)[C@@H]4O[C@H]4O[C@H](CO)[C@@H](O)[C@H](O)[C@@H]4O)[C@@H]3O)[C@@H](O)[C@H](O[C@H]3O[C@H](CO)[C@@H](O)[C@H](O)[C@@H]3O[C@H]3O[C@H](CO)[C@@H](O)[C@H](O)[C@@H]3O[C@H]3O[C@H](CO)[C@@H](O)[C@H](O[C@H]4O[C@H](CO)[C@@H](O)[C@H](O[C@H]5O[C@H](CO)[C@@H](O)[C@H](O)[C@H]5O[C@H]5O[C@H](CO)[C@@H](O)[C@H](O)[C@H]5O)[C@H]4O)[C@@H]3O)[C@@H]2O)[C@@H]1O. The maximum Gasteiger partial charge on any atom is 0.217 e. The van der Waals surface area contributed by atoms with Crippen LogP contribution >= 0.6 is 0 Å². The Bertz CT molecular complexity index is 3250. The van der Waals surface area contributed by atoms with Crippen molar-refractivity contribution < 1.29 is 278 Å². The van der Waals surface area contributed by atoms with Crippen LogP contribution in [-0.4, -0.2) is 590 Å². The molecule has 11 rings (SSSR count). The van der Waals surface area contributed by atoms with Crippen molar-refractivity contribution in [1.29, 1.82) is 0 Å². The smallest absolute Gasteiger partial charge is 0.217 e. The second-order valence-electron chi connectivity index (χ2n) is 31.6. The molecule has 728 valence electrons. The van der Waals surface area contributed by atoms with Gasteiger partial charge in [0.05, 0.1) is 72.7 Å². The van der Waals surface area contributed by atoms with E-state index in [-0.39, 0.29) is 0 Å². The largest absolute Gasteiger partial charge is 0.394 e. The number of hydrogen-bond donors (Lipinski definition) is 35. The lowest BCUT2D eigenvalue weighted by Gasteiger charge is -2.51. The number of carbonyl (C=O) groups excluding carboxylic acids is 1. The molecule has 11 aliphatic heterocycles. The van der Waals surface area contributed by atoms with E-state index < -0.39 is 416 Å². The summed E-state index contributed by atoms with van der Waals surface area (Å²) in [7, 11) is 0. The molecule has 1 unspecified atom stereocenters. The minimum absolute atomic E-state index is 0.879. The first-order valence-electron chi connectivity index (χ1n) is 39.7. The molecular formula is C68H115NO56. The molecule has 0 aromatic heterocycles. The number of amides is 1. The Labute approximate surface area is 704 Å². The number of ether oxygens (including phenoxy) is 21. The highest BCUT2D eigenvalue weighted by Crippen LogP contribution is 2.42. The Morgan fingerprint density at radius 2 is 0.416 bits per heavy atom. The summed E-state index contributed by atoms with van der Waals surface area (Å²) in [6.45, 7) is -11.6. The fourth-order valence-electron chi connectivity index (χ4n) is 16.1. The second kappa shape index (κ2) is 44.6. The van der Waals surface area contributed by atoms with E-state index in [0.717, 1.165) is 6.92 Å². The van der Waals surface area contributed by atoms with E-state index in [9.17, 15) is 178 Å². The Balaban J connectivity index is 0.860. The van der Waals surface area contributed by atoms with Crippen molar-refractivity contribution in [3.05, 3.63) is 0 Å². The molecule has 57 heteroatoms. The maximum absolute atomic E-state index is 12.5. The molecule has 0 spiro atoms. The number of nitrogens with one attached hydrogen (secondary N) is 1. The topological polar surface area (TPSA) is 911 Å². The summed E-state index contributed by atoms with van der Waals surface area (Å²) in [6.07, 6.45) is -118. The predicted molar refractivity (Wildman–Crippen MR) is 374 cm³/mol. The maximum atomic E-state index is 12.5. The number of hydrogen-bond acceptors (Lipinski definition) is 56. The van der Waals surface area contributed by atoms with Crippen molar-refractivity contribution in [2.24, 2.45) is 0 Å². The Morgan fingerprint density at radius 3 is 0.704 bits per heavy atom. The third-order valence-electron chi connectivity index (χ3n) is 23.4. The predicted octanol–water partition coefficient (Wildman–Crippen LogP) is -24.8. The highest BCUT2D eigenvalue weighted by Gasteiger charge is 2.63. The van der Waals surface area contributed by atoms with Gasteiger partial charge in [-0.1, -0.05) is 0 Å².